The Morgan fingerprint density at radius 2 is 1.81 bits per heavy atom. The largest absolute Gasteiger partial charge is 0.507 e. The van der Waals surface area contributed by atoms with Crippen LogP contribution in [0.15, 0.2) is 48.5 Å². The minimum absolute atomic E-state index is 0.173. The fraction of sp³-hybridized carbons (Fsp3) is 0.125. The van der Waals surface area contributed by atoms with E-state index in [0.29, 0.717) is 5.56 Å². The van der Waals surface area contributed by atoms with Gasteiger partial charge in [0.25, 0.3) is 0 Å². The summed E-state index contributed by atoms with van der Waals surface area (Å²) in [7, 11) is 1.25. The summed E-state index contributed by atoms with van der Waals surface area (Å²) in [5.41, 5.74) is 0.655. The number of phenols is 1. The molecular formula is C16H14O5. The lowest BCUT2D eigenvalue weighted by molar-refractivity contribution is -0.142. The van der Waals surface area contributed by atoms with Gasteiger partial charge in [-0.25, -0.2) is 4.79 Å². The van der Waals surface area contributed by atoms with Crippen LogP contribution in [0.1, 0.15) is 15.9 Å². The lowest BCUT2D eigenvalue weighted by Gasteiger charge is -2.08. The van der Waals surface area contributed by atoms with E-state index in [1.807, 2.05) is 0 Å². The smallest absolute Gasteiger partial charge is 0.343 e. The van der Waals surface area contributed by atoms with Crippen LogP contribution in [0.2, 0.25) is 0 Å². The zero-order valence-corrected chi connectivity index (χ0v) is 11.4. The summed E-state index contributed by atoms with van der Waals surface area (Å²) in [6.07, 6.45) is 0. The van der Waals surface area contributed by atoms with Gasteiger partial charge in [-0.15, -0.1) is 0 Å². The molecule has 2 aromatic carbocycles. The van der Waals surface area contributed by atoms with Crippen molar-refractivity contribution < 1.29 is 24.2 Å². The fourth-order valence-electron chi connectivity index (χ4n) is 1.74. The van der Waals surface area contributed by atoms with Gasteiger partial charge in [0.2, 0.25) is 0 Å². The number of aromatic hydroxyl groups is 1. The summed E-state index contributed by atoms with van der Waals surface area (Å²) in [6, 6.07) is 12.9. The van der Waals surface area contributed by atoms with Crippen molar-refractivity contribution in [1.29, 1.82) is 0 Å². The molecule has 0 amide bonds. The molecule has 2 aromatic rings. The number of carbonyl (C=O) groups excluding carboxylic acids is 2. The first kappa shape index (κ1) is 14.6. The van der Waals surface area contributed by atoms with Gasteiger partial charge < -0.3 is 14.6 Å². The summed E-state index contributed by atoms with van der Waals surface area (Å²) >= 11 is 0. The monoisotopic (exact) mass is 286 g/mol. The normalized spacial score (nSPS) is 9.95. The number of ether oxygens (including phenoxy) is 2. The van der Waals surface area contributed by atoms with Gasteiger partial charge in [-0.3, -0.25) is 4.79 Å². The van der Waals surface area contributed by atoms with Gasteiger partial charge >= 0.3 is 5.97 Å². The molecule has 0 aliphatic heterocycles. The summed E-state index contributed by atoms with van der Waals surface area (Å²) < 4.78 is 9.58. The molecular weight excluding hydrogens is 272 g/mol. The fourth-order valence-corrected chi connectivity index (χ4v) is 1.74. The maximum Gasteiger partial charge on any atom is 0.343 e. The molecule has 5 nitrogen and oxygen atoms in total. The number of carbonyl (C=O) groups is 2. The van der Waals surface area contributed by atoms with Gasteiger partial charge in [0.05, 0.1) is 12.7 Å². The number of benzene rings is 2. The predicted octanol–water partition coefficient (Wildman–Crippen LogP) is 2.17. The van der Waals surface area contributed by atoms with Crippen LogP contribution in [0.5, 0.6) is 11.5 Å². The second-order valence-corrected chi connectivity index (χ2v) is 4.24. The van der Waals surface area contributed by atoms with E-state index in [2.05, 4.69) is 4.74 Å². The summed E-state index contributed by atoms with van der Waals surface area (Å²) in [4.78, 5) is 23.2. The highest BCUT2D eigenvalue weighted by molar-refractivity contribution is 6.10. The minimum atomic E-state index is -0.529. The van der Waals surface area contributed by atoms with E-state index in [4.69, 9.17) is 4.74 Å². The average molecular weight is 286 g/mol. The van der Waals surface area contributed by atoms with Crippen LogP contribution in [0.4, 0.5) is 0 Å². The van der Waals surface area contributed by atoms with Crippen molar-refractivity contribution in [2.75, 3.05) is 13.7 Å². The molecule has 0 aliphatic carbocycles. The van der Waals surface area contributed by atoms with E-state index < -0.39 is 5.97 Å². The van der Waals surface area contributed by atoms with Gasteiger partial charge in [0.15, 0.2) is 12.4 Å². The molecule has 0 aromatic heterocycles. The zero-order valence-electron chi connectivity index (χ0n) is 11.4. The van der Waals surface area contributed by atoms with E-state index >= 15 is 0 Å². The number of phenolic OH excluding ortho intramolecular Hbond substituents is 1. The van der Waals surface area contributed by atoms with Crippen LogP contribution in [0.3, 0.4) is 0 Å². The van der Waals surface area contributed by atoms with Gasteiger partial charge in [-0.05, 0) is 12.1 Å². The van der Waals surface area contributed by atoms with Crippen molar-refractivity contribution in [3.63, 3.8) is 0 Å². The second kappa shape index (κ2) is 6.56. The Kier molecular flexibility index (Phi) is 4.56. The number of esters is 1. The number of hydrogen-bond donors (Lipinski definition) is 1. The second-order valence-electron chi connectivity index (χ2n) is 4.24. The van der Waals surface area contributed by atoms with Crippen LogP contribution in [-0.2, 0) is 9.53 Å². The zero-order chi connectivity index (χ0) is 15.2. The Hall–Kier alpha value is -2.82. The van der Waals surface area contributed by atoms with Crippen molar-refractivity contribution in [3.8, 4) is 11.5 Å². The highest BCUT2D eigenvalue weighted by atomic mass is 16.6. The first-order valence-corrected chi connectivity index (χ1v) is 6.24. The highest BCUT2D eigenvalue weighted by Gasteiger charge is 2.14. The van der Waals surface area contributed by atoms with Crippen molar-refractivity contribution >= 4 is 11.8 Å². The molecule has 0 saturated heterocycles. The van der Waals surface area contributed by atoms with Gasteiger partial charge in [0.1, 0.15) is 11.5 Å². The summed E-state index contributed by atoms with van der Waals surface area (Å²) in [5, 5.41) is 9.93. The molecule has 0 bridgehead atoms. The predicted molar refractivity (Wildman–Crippen MR) is 75.5 cm³/mol. The molecule has 5 heteroatoms. The molecule has 1 N–H and O–H groups in total. The topological polar surface area (TPSA) is 72.8 Å². The van der Waals surface area contributed by atoms with E-state index in [9.17, 15) is 14.7 Å². The van der Waals surface area contributed by atoms with E-state index in [0.717, 1.165) is 0 Å². The molecule has 2 rings (SSSR count). The Morgan fingerprint density at radius 1 is 1.10 bits per heavy atom. The van der Waals surface area contributed by atoms with E-state index in [-0.39, 0.29) is 29.5 Å². The van der Waals surface area contributed by atoms with Gasteiger partial charge in [0, 0.05) is 11.6 Å². The molecule has 21 heavy (non-hydrogen) atoms. The van der Waals surface area contributed by atoms with Crippen LogP contribution >= 0.6 is 0 Å². The summed E-state index contributed by atoms with van der Waals surface area (Å²) in [6.45, 7) is -0.262. The molecule has 0 atom stereocenters. The Balaban J connectivity index is 2.16. The molecule has 0 unspecified atom stereocenters. The molecule has 108 valence electrons. The summed E-state index contributed by atoms with van der Waals surface area (Å²) in [5.74, 6) is -0.736. The molecule has 0 radical (unpaired) electrons. The molecule has 0 spiro atoms. The van der Waals surface area contributed by atoms with Gasteiger partial charge in [-0.1, -0.05) is 30.3 Å². The third kappa shape index (κ3) is 3.60. The Bertz CT molecular complexity index is 649. The average Bonchev–Trinajstić information content (AvgIpc) is 2.53. The van der Waals surface area contributed by atoms with Crippen LogP contribution in [0.25, 0.3) is 0 Å². The third-order valence-electron chi connectivity index (χ3n) is 2.83. The number of methoxy groups -OCH3 is 1. The molecule has 0 aliphatic rings. The quantitative estimate of drug-likeness (QED) is 0.673. The van der Waals surface area contributed by atoms with E-state index in [1.54, 1.807) is 30.3 Å². The lowest BCUT2D eigenvalue weighted by atomic mass is 10.0. The number of ketones is 1. The maximum absolute atomic E-state index is 12.2. The lowest BCUT2D eigenvalue weighted by Crippen LogP contribution is -2.12. The number of hydrogen-bond acceptors (Lipinski definition) is 5. The molecule has 0 saturated carbocycles. The Morgan fingerprint density at radius 3 is 2.43 bits per heavy atom. The van der Waals surface area contributed by atoms with E-state index in [1.165, 1.54) is 25.3 Å². The van der Waals surface area contributed by atoms with Crippen molar-refractivity contribution in [2.24, 2.45) is 0 Å². The Labute approximate surface area is 121 Å². The van der Waals surface area contributed by atoms with Gasteiger partial charge in [-0.2, -0.15) is 0 Å². The molecule has 0 heterocycles. The molecule has 0 fully saturated rings. The van der Waals surface area contributed by atoms with Crippen LogP contribution in [0, 0.1) is 0 Å². The first-order valence-electron chi connectivity index (χ1n) is 6.24. The van der Waals surface area contributed by atoms with Crippen LogP contribution < -0.4 is 4.74 Å². The van der Waals surface area contributed by atoms with Crippen LogP contribution in [-0.4, -0.2) is 30.6 Å². The maximum atomic E-state index is 12.2. The van der Waals surface area contributed by atoms with Crippen molar-refractivity contribution in [1.82, 2.24) is 0 Å². The SMILES string of the molecule is COC(=O)COc1ccc(C(=O)c2ccccc2)c(O)c1. The standard InChI is InChI=1S/C16H14O5/c1-20-15(18)10-21-12-7-8-13(14(17)9-12)16(19)11-5-3-2-4-6-11/h2-9,17H,10H2,1H3. The van der Waals surface area contributed by atoms with Crippen molar-refractivity contribution in [2.45, 2.75) is 0 Å². The third-order valence-corrected chi connectivity index (χ3v) is 2.83. The van der Waals surface area contributed by atoms with Crippen molar-refractivity contribution in [3.05, 3.63) is 59.7 Å². The number of rotatable bonds is 5. The minimum Gasteiger partial charge on any atom is -0.507 e. The highest BCUT2D eigenvalue weighted by Crippen LogP contribution is 2.25. The first-order chi connectivity index (χ1) is 10.1.